The molecule has 1 aliphatic rings. The minimum atomic E-state index is -6.26. The van der Waals surface area contributed by atoms with Crippen LogP contribution in [-0.2, 0) is 0 Å². The van der Waals surface area contributed by atoms with Gasteiger partial charge >= 0.3 is 18.0 Å². The van der Waals surface area contributed by atoms with Crippen molar-refractivity contribution < 1.29 is 30.7 Å². The lowest BCUT2D eigenvalue weighted by atomic mass is 9.97. The Kier molecular flexibility index (Phi) is 2.61. The van der Waals surface area contributed by atoms with Gasteiger partial charge in [-0.05, 0) is 0 Å². The van der Waals surface area contributed by atoms with Crippen molar-refractivity contribution in [2.24, 2.45) is 5.92 Å². The Balaban J connectivity index is 3.04. The van der Waals surface area contributed by atoms with Gasteiger partial charge in [0.15, 0.2) is 0 Å². The molecule has 7 heteroatoms. The minimum Gasteiger partial charge on any atom is -0.198 e. The van der Waals surface area contributed by atoms with Gasteiger partial charge in [0.25, 0.3) is 0 Å². The summed E-state index contributed by atoms with van der Waals surface area (Å²) < 4.78 is 85.6. The van der Waals surface area contributed by atoms with E-state index >= 15 is 0 Å². The first-order valence-electron chi connectivity index (χ1n) is 3.78. The highest BCUT2D eigenvalue weighted by atomic mass is 19.4. The van der Waals surface area contributed by atoms with Gasteiger partial charge in [-0.25, -0.2) is 0 Å². The molecule has 0 fully saturated rings. The number of allylic oxidation sites excluding steroid dienone is 4. The van der Waals surface area contributed by atoms with Gasteiger partial charge in [0.05, 0.1) is 5.92 Å². The van der Waals surface area contributed by atoms with E-state index in [2.05, 4.69) is 0 Å². The zero-order chi connectivity index (χ0) is 11.9. The quantitative estimate of drug-likeness (QED) is 0.641. The minimum absolute atomic E-state index is 0.597. The first-order valence-corrected chi connectivity index (χ1v) is 3.78. The molecular formula is C8H5F7. The first-order chi connectivity index (χ1) is 6.61. The Morgan fingerprint density at radius 1 is 0.733 bits per heavy atom. The van der Waals surface area contributed by atoms with Gasteiger partial charge in [0.2, 0.25) is 0 Å². The van der Waals surface area contributed by atoms with Gasteiger partial charge in [0.1, 0.15) is 0 Å². The standard InChI is InChI=1S/C8H5F7/c9-6(10,5-3-1-2-4-5)7(11,12)8(13,14)15/h1-5H. The molecule has 0 radical (unpaired) electrons. The summed E-state index contributed by atoms with van der Waals surface area (Å²) in [5, 5.41) is 0. The monoisotopic (exact) mass is 234 g/mol. The van der Waals surface area contributed by atoms with Crippen LogP contribution in [0.2, 0.25) is 0 Å². The fourth-order valence-electron chi connectivity index (χ4n) is 1.07. The van der Waals surface area contributed by atoms with E-state index in [0.717, 1.165) is 12.2 Å². The van der Waals surface area contributed by atoms with Crippen molar-refractivity contribution >= 4 is 0 Å². The van der Waals surface area contributed by atoms with Gasteiger partial charge in [-0.1, -0.05) is 24.3 Å². The lowest BCUT2D eigenvalue weighted by molar-refractivity contribution is -0.359. The van der Waals surface area contributed by atoms with Crippen molar-refractivity contribution in [3.63, 3.8) is 0 Å². The Bertz CT molecular complexity index is 285. The van der Waals surface area contributed by atoms with Gasteiger partial charge in [-0.2, -0.15) is 30.7 Å². The molecule has 1 aliphatic carbocycles. The molecule has 86 valence electrons. The van der Waals surface area contributed by atoms with Gasteiger partial charge in [-0.15, -0.1) is 0 Å². The SMILES string of the molecule is FC(F)(F)C(F)(F)C(F)(F)C1C=CC=C1. The van der Waals surface area contributed by atoms with E-state index in [0.29, 0.717) is 12.2 Å². The fourth-order valence-corrected chi connectivity index (χ4v) is 1.07. The Hall–Kier alpha value is -1.01. The van der Waals surface area contributed by atoms with Crippen LogP contribution in [0.1, 0.15) is 0 Å². The van der Waals surface area contributed by atoms with Crippen molar-refractivity contribution in [2.45, 2.75) is 18.0 Å². The summed E-state index contributed by atoms with van der Waals surface area (Å²) in [5.74, 6) is -13.4. The maximum Gasteiger partial charge on any atom is 0.459 e. The van der Waals surface area contributed by atoms with E-state index in [-0.39, 0.29) is 0 Å². The van der Waals surface area contributed by atoms with E-state index in [9.17, 15) is 30.7 Å². The predicted molar refractivity (Wildman–Crippen MR) is 37.7 cm³/mol. The first kappa shape index (κ1) is 12.1. The maximum absolute atomic E-state index is 12.8. The third-order valence-corrected chi connectivity index (χ3v) is 1.94. The van der Waals surface area contributed by atoms with Crippen LogP contribution in [0.4, 0.5) is 30.7 Å². The molecule has 0 atom stereocenters. The molecule has 0 unspecified atom stereocenters. The zero-order valence-corrected chi connectivity index (χ0v) is 7.03. The summed E-state index contributed by atoms with van der Waals surface area (Å²) in [6.07, 6.45) is -3.09. The highest BCUT2D eigenvalue weighted by Crippen LogP contribution is 2.50. The second-order valence-corrected chi connectivity index (χ2v) is 2.99. The van der Waals surface area contributed by atoms with Crippen molar-refractivity contribution in [2.75, 3.05) is 0 Å². The summed E-state index contributed by atoms with van der Waals surface area (Å²) in [7, 11) is 0. The molecule has 0 bridgehead atoms. The molecule has 15 heavy (non-hydrogen) atoms. The van der Waals surface area contributed by atoms with Gasteiger partial charge < -0.3 is 0 Å². The number of hydrogen-bond acceptors (Lipinski definition) is 0. The van der Waals surface area contributed by atoms with Crippen LogP contribution in [0.15, 0.2) is 24.3 Å². The molecule has 0 aromatic rings. The topological polar surface area (TPSA) is 0 Å². The normalized spacial score (nSPS) is 18.9. The van der Waals surface area contributed by atoms with E-state index < -0.39 is 23.9 Å². The van der Waals surface area contributed by atoms with Crippen LogP contribution in [0.5, 0.6) is 0 Å². The molecule has 0 saturated carbocycles. The Morgan fingerprint density at radius 2 is 1.13 bits per heavy atom. The largest absolute Gasteiger partial charge is 0.459 e. The van der Waals surface area contributed by atoms with Crippen molar-refractivity contribution in [3.8, 4) is 0 Å². The van der Waals surface area contributed by atoms with Crippen LogP contribution >= 0.6 is 0 Å². The molecule has 0 aromatic heterocycles. The smallest absolute Gasteiger partial charge is 0.198 e. The second kappa shape index (κ2) is 3.24. The Labute approximate surface area is 80.1 Å². The molecule has 0 N–H and O–H groups in total. The molecule has 0 aromatic carbocycles. The molecule has 1 rings (SSSR count). The van der Waals surface area contributed by atoms with Crippen LogP contribution in [0, 0.1) is 5.92 Å². The van der Waals surface area contributed by atoms with Crippen molar-refractivity contribution in [3.05, 3.63) is 24.3 Å². The highest BCUT2D eigenvalue weighted by molar-refractivity contribution is 5.22. The van der Waals surface area contributed by atoms with Crippen LogP contribution in [0.3, 0.4) is 0 Å². The van der Waals surface area contributed by atoms with Crippen molar-refractivity contribution in [1.82, 2.24) is 0 Å². The van der Waals surface area contributed by atoms with E-state index in [1.54, 1.807) is 0 Å². The second-order valence-electron chi connectivity index (χ2n) is 2.99. The summed E-state index contributed by atoms with van der Waals surface area (Å²) >= 11 is 0. The fraction of sp³-hybridized carbons (Fsp3) is 0.500. The zero-order valence-electron chi connectivity index (χ0n) is 7.03. The third kappa shape index (κ3) is 1.74. The van der Waals surface area contributed by atoms with Crippen LogP contribution in [-0.4, -0.2) is 18.0 Å². The van der Waals surface area contributed by atoms with Crippen molar-refractivity contribution in [1.29, 1.82) is 0 Å². The summed E-state index contributed by atoms with van der Waals surface area (Å²) in [6, 6.07) is 0. The molecule has 0 amide bonds. The average molecular weight is 234 g/mol. The van der Waals surface area contributed by atoms with E-state index in [1.165, 1.54) is 0 Å². The lowest BCUT2D eigenvalue weighted by Crippen LogP contribution is -2.54. The molecule has 0 nitrogen and oxygen atoms in total. The predicted octanol–water partition coefficient (Wildman–Crippen LogP) is 3.56. The number of halogens is 7. The summed E-state index contributed by atoms with van der Waals surface area (Å²) in [6.45, 7) is 0. The molecule has 0 aliphatic heterocycles. The van der Waals surface area contributed by atoms with Gasteiger partial charge in [0, 0.05) is 0 Å². The number of hydrogen-bond donors (Lipinski definition) is 0. The lowest BCUT2D eigenvalue weighted by Gasteiger charge is -2.30. The van der Waals surface area contributed by atoms with Gasteiger partial charge in [-0.3, -0.25) is 0 Å². The Morgan fingerprint density at radius 3 is 1.47 bits per heavy atom. The number of rotatable bonds is 2. The van der Waals surface area contributed by atoms with Crippen LogP contribution < -0.4 is 0 Å². The molecule has 0 heterocycles. The molecule has 0 saturated heterocycles. The summed E-state index contributed by atoms with van der Waals surface area (Å²) in [5.41, 5.74) is 0. The molecule has 0 spiro atoms. The highest BCUT2D eigenvalue weighted by Gasteiger charge is 2.74. The van der Waals surface area contributed by atoms with Crippen LogP contribution in [0.25, 0.3) is 0 Å². The van der Waals surface area contributed by atoms with E-state index in [1.807, 2.05) is 0 Å². The molecular weight excluding hydrogens is 229 g/mol. The third-order valence-electron chi connectivity index (χ3n) is 1.94. The van der Waals surface area contributed by atoms with E-state index in [4.69, 9.17) is 0 Å². The average Bonchev–Trinajstić information content (AvgIpc) is 2.53. The maximum atomic E-state index is 12.8. The summed E-state index contributed by atoms with van der Waals surface area (Å²) in [4.78, 5) is 0. The number of alkyl halides is 7.